The number of amides is 2. The van der Waals surface area contributed by atoms with Gasteiger partial charge in [0.2, 0.25) is 11.8 Å². The van der Waals surface area contributed by atoms with Crippen molar-refractivity contribution < 1.29 is 9.59 Å². The molecule has 1 saturated heterocycles. The summed E-state index contributed by atoms with van der Waals surface area (Å²) in [4.78, 5) is 24.7. The van der Waals surface area contributed by atoms with Gasteiger partial charge in [-0.25, -0.2) is 0 Å². The second-order valence-electron chi connectivity index (χ2n) is 4.46. The van der Waals surface area contributed by atoms with E-state index in [1.807, 2.05) is 37.3 Å². The molecule has 0 radical (unpaired) electrons. The molecule has 1 heterocycles. The Morgan fingerprint density at radius 3 is 2.59 bits per heavy atom. The van der Waals surface area contributed by atoms with Crippen molar-refractivity contribution in [2.24, 2.45) is 11.7 Å². The molecule has 1 aliphatic rings. The Hall–Kier alpha value is -1.84. The van der Waals surface area contributed by atoms with Crippen molar-refractivity contribution in [2.75, 3.05) is 0 Å². The summed E-state index contributed by atoms with van der Waals surface area (Å²) < 4.78 is 0. The number of carbonyl (C=O) groups is 2. The zero-order valence-corrected chi connectivity index (χ0v) is 9.80. The van der Waals surface area contributed by atoms with Gasteiger partial charge in [-0.2, -0.15) is 0 Å². The third-order valence-corrected chi connectivity index (χ3v) is 3.35. The van der Waals surface area contributed by atoms with Crippen LogP contribution in [0, 0.1) is 5.92 Å². The fourth-order valence-electron chi connectivity index (χ4n) is 2.27. The average Bonchev–Trinajstić information content (AvgIpc) is 2.58. The van der Waals surface area contributed by atoms with Crippen LogP contribution in [0.5, 0.6) is 0 Å². The van der Waals surface area contributed by atoms with E-state index in [1.165, 1.54) is 0 Å². The minimum absolute atomic E-state index is 0.00477. The van der Waals surface area contributed by atoms with Crippen LogP contribution >= 0.6 is 0 Å². The predicted octanol–water partition coefficient (Wildman–Crippen LogP) is 0.909. The van der Waals surface area contributed by atoms with Gasteiger partial charge in [0.1, 0.15) is 0 Å². The summed E-state index contributed by atoms with van der Waals surface area (Å²) in [6.45, 7) is 2.42. The normalized spacial score (nSPS) is 24.1. The zero-order chi connectivity index (χ0) is 12.4. The molecule has 2 rings (SSSR count). The first-order valence-electron chi connectivity index (χ1n) is 5.72. The van der Waals surface area contributed by atoms with Crippen LogP contribution in [0.3, 0.4) is 0 Å². The van der Waals surface area contributed by atoms with Gasteiger partial charge in [-0.1, -0.05) is 30.3 Å². The summed E-state index contributed by atoms with van der Waals surface area (Å²) in [7, 11) is 0. The Labute approximate surface area is 100 Å². The van der Waals surface area contributed by atoms with Crippen LogP contribution in [0.2, 0.25) is 0 Å². The number of nitrogens with zero attached hydrogens (tertiary/aromatic N) is 1. The Kier molecular flexibility index (Phi) is 3.13. The van der Waals surface area contributed by atoms with Gasteiger partial charge in [0.05, 0.1) is 5.92 Å². The van der Waals surface area contributed by atoms with E-state index in [2.05, 4.69) is 0 Å². The quantitative estimate of drug-likeness (QED) is 0.841. The Bertz CT molecular complexity index is 430. The summed E-state index contributed by atoms with van der Waals surface area (Å²) in [5, 5.41) is 0. The van der Waals surface area contributed by atoms with Gasteiger partial charge >= 0.3 is 0 Å². The van der Waals surface area contributed by atoms with E-state index in [0.717, 1.165) is 5.56 Å². The van der Waals surface area contributed by atoms with E-state index in [4.69, 9.17) is 5.73 Å². The lowest BCUT2D eigenvalue weighted by Gasteiger charge is -2.23. The molecule has 17 heavy (non-hydrogen) atoms. The molecule has 1 aromatic rings. The standard InChI is InChI=1S/C13H16N2O2/c1-9-11(13(14)17)7-12(16)15(9)8-10-5-3-2-4-6-10/h2-6,9,11H,7-8H2,1H3,(H2,14,17). The fraction of sp³-hybridized carbons (Fsp3) is 0.385. The maximum Gasteiger partial charge on any atom is 0.224 e. The third kappa shape index (κ3) is 2.30. The van der Waals surface area contributed by atoms with Crippen LogP contribution < -0.4 is 5.73 Å². The van der Waals surface area contributed by atoms with Crippen LogP contribution in [-0.4, -0.2) is 22.8 Å². The Morgan fingerprint density at radius 2 is 2.06 bits per heavy atom. The first-order chi connectivity index (χ1) is 8.09. The van der Waals surface area contributed by atoms with Gasteiger partial charge in [0.15, 0.2) is 0 Å². The molecule has 0 aliphatic carbocycles. The second kappa shape index (κ2) is 4.57. The van der Waals surface area contributed by atoms with Gasteiger partial charge in [-0.15, -0.1) is 0 Å². The van der Waals surface area contributed by atoms with Crippen molar-refractivity contribution in [1.82, 2.24) is 4.90 Å². The maximum absolute atomic E-state index is 11.8. The average molecular weight is 232 g/mol. The number of primary amides is 1. The lowest BCUT2D eigenvalue weighted by molar-refractivity contribution is -0.129. The predicted molar refractivity (Wildman–Crippen MR) is 63.8 cm³/mol. The molecule has 90 valence electrons. The Balaban J connectivity index is 2.12. The molecule has 2 N–H and O–H groups in total. The molecule has 1 aromatic carbocycles. The van der Waals surface area contributed by atoms with Crippen LogP contribution in [0.4, 0.5) is 0 Å². The molecule has 4 nitrogen and oxygen atoms in total. The maximum atomic E-state index is 11.8. The van der Waals surface area contributed by atoms with Crippen molar-refractivity contribution in [3.8, 4) is 0 Å². The minimum atomic E-state index is -0.388. The number of nitrogens with two attached hydrogens (primary N) is 1. The third-order valence-electron chi connectivity index (χ3n) is 3.35. The summed E-state index contributed by atoms with van der Waals surface area (Å²) >= 11 is 0. The van der Waals surface area contributed by atoms with Gasteiger partial charge in [-0.3, -0.25) is 9.59 Å². The van der Waals surface area contributed by atoms with Crippen LogP contribution in [-0.2, 0) is 16.1 Å². The summed E-state index contributed by atoms with van der Waals surface area (Å²) in [5.41, 5.74) is 6.36. The highest BCUT2D eigenvalue weighted by Crippen LogP contribution is 2.26. The first kappa shape index (κ1) is 11.6. The molecule has 0 aromatic heterocycles. The van der Waals surface area contributed by atoms with E-state index in [-0.39, 0.29) is 30.2 Å². The van der Waals surface area contributed by atoms with Crippen molar-refractivity contribution in [3.63, 3.8) is 0 Å². The van der Waals surface area contributed by atoms with Crippen molar-refractivity contribution in [1.29, 1.82) is 0 Å². The fourth-order valence-corrected chi connectivity index (χ4v) is 2.27. The summed E-state index contributed by atoms with van der Waals surface area (Å²) in [5.74, 6) is -0.738. The highest BCUT2D eigenvalue weighted by atomic mass is 16.2. The molecule has 4 heteroatoms. The smallest absolute Gasteiger partial charge is 0.224 e. The summed E-state index contributed by atoms with van der Waals surface area (Å²) in [6, 6.07) is 9.64. The Morgan fingerprint density at radius 1 is 1.41 bits per heavy atom. The molecule has 2 amide bonds. The molecule has 0 spiro atoms. The molecule has 0 bridgehead atoms. The topological polar surface area (TPSA) is 63.4 Å². The van der Waals surface area contributed by atoms with Gasteiger partial charge in [-0.05, 0) is 12.5 Å². The molecule has 0 saturated carbocycles. The summed E-state index contributed by atoms with van der Waals surface area (Å²) in [6.07, 6.45) is 0.239. The highest BCUT2D eigenvalue weighted by Gasteiger charge is 2.39. The number of hydrogen-bond donors (Lipinski definition) is 1. The molecule has 1 fully saturated rings. The zero-order valence-electron chi connectivity index (χ0n) is 9.80. The van der Waals surface area contributed by atoms with Crippen molar-refractivity contribution >= 4 is 11.8 Å². The van der Waals surface area contributed by atoms with Crippen LogP contribution in [0.1, 0.15) is 18.9 Å². The number of carbonyl (C=O) groups excluding carboxylic acids is 2. The van der Waals surface area contributed by atoms with E-state index in [1.54, 1.807) is 4.90 Å². The lowest BCUT2D eigenvalue weighted by Crippen LogP contribution is -2.36. The molecular formula is C13H16N2O2. The van der Waals surface area contributed by atoms with Gasteiger partial charge < -0.3 is 10.6 Å². The van der Waals surface area contributed by atoms with Crippen molar-refractivity contribution in [3.05, 3.63) is 35.9 Å². The van der Waals surface area contributed by atoms with Crippen LogP contribution in [0.15, 0.2) is 30.3 Å². The highest BCUT2D eigenvalue weighted by molar-refractivity contribution is 5.89. The van der Waals surface area contributed by atoms with Gasteiger partial charge in [0.25, 0.3) is 0 Å². The second-order valence-corrected chi connectivity index (χ2v) is 4.46. The minimum Gasteiger partial charge on any atom is -0.369 e. The SMILES string of the molecule is CC1C(C(N)=O)CC(=O)N1Cc1ccccc1. The molecule has 1 aliphatic heterocycles. The first-order valence-corrected chi connectivity index (χ1v) is 5.72. The van der Waals surface area contributed by atoms with E-state index < -0.39 is 0 Å². The molecule has 2 unspecified atom stereocenters. The monoisotopic (exact) mass is 232 g/mol. The van der Waals surface area contributed by atoms with E-state index >= 15 is 0 Å². The van der Waals surface area contributed by atoms with E-state index in [9.17, 15) is 9.59 Å². The largest absolute Gasteiger partial charge is 0.369 e. The number of rotatable bonds is 3. The van der Waals surface area contributed by atoms with Gasteiger partial charge in [0, 0.05) is 19.0 Å². The number of hydrogen-bond acceptors (Lipinski definition) is 2. The lowest BCUT2D eigenvalue weighted by atomic mass is 10.0. The number of likely N-dealkylation sites (tertiary alicyclic amines) is 1. The molecule has 2 atom stereocenters. The number of benzene rings is 1. The van der Waals surface area contributed by atoms with Crippen LogP contribution in [0.25, 0.3) is 0 Å². The molecular weight excluding hydrogens is 216 g/mol. The van der Waals surface area contributed by atoms with Crippen molar-refractivity contribution in [2.45, 2.75) is 25.9 Å². The van der Waals surface area contributed by atoms with E-state index in [0.29, 0.717) is 6.54 Å².